The third-order valence-electron chi connectivity index (χ3n) is 8.12. The van der Waals surface area contributed by atoms with E-state index in [4.69, 9.17) is 35.9 Å². The molecule has 1 aliphatic heterocycles. The van der Waals surface area contributed by atoms with Crippen LogP contribution in [0.15, 0.2) is 36.8 Å². The van der Waals surface area contributed by atoms with Gasteiger partial charge in [-0.3, -0.25) is 13.9 Å². The number of hydrogen-bond donors (Lipinski definition) is 4. The minimum atomic E-state index is -4.34. The van der Waals surface area contributed by atoms with Gasteiger partial charge in [0.15, 0.2) is 17.7 Å². The number of carbonyl (C=O) groups is 1. The Hall–Kier alpha value is -2.84. The Balaban J connectivity index is 1.22. The second kappa shape index (κ2) is 11.3. The number of halogens is 2. The molecule has 0 bridgehead atoms. The third-order valence-corrected chi connectivity index (χ3v) is 10.0. The van der Waals surface area contributed by atoms with Gasteiger partial charge in [0.25, 0.3) is 0 Å². The number of aliphatic hydroxyl groups excluding tert-OH is 1. The van der Waals surface area contributed by atoms with Crippen LogP contribution in [0, 0.1) is 5.82 Å². The van der Waals surface area contributed by atoms with Crippen molar-refractivity contribution in [1.82, 2.24) is 19.6 Å². The predicted molar refractivity (Wildman–Crippen MR) is 152 cm³/mol. The summed E-state index contributed by atoms with van der Waals surface area (Å²) in [7, 11) is -4.34. The van der Waals surface area contributed by atoms with Crippen molar-refractivity contribution in [2.24, 2.45) is 0 Å². The van der Waals surface area contributed by atoms with Crippen LogP contribution in [-0.2, 0) is 23.4 Å². The number of esters is 1. The second-order valence-corrected chi connectivity index (χ2v) is 13.5. The third kappa shape index (κ3) is 5.85. The van der Waals surface area contributed by atoms with E-state index in [0.717, 1.165) is 38.2 Å². The van der Waals surface area contributed by atoms with Crippen LogP contribution in [0.4, 0.5) is 10.2 Å². The molecule has 2 aromatic heterocycles. The van der Waals surface area contributed by atoms with E-state index in [1.807, 2.05) is 0 Å². The Bertz CT molecular complexity index is 1560. The number of hydrogen-bond acceptors (Lipinski definition) is 11. The van der Waals surface area contributed by atoms with E-state index in [2.05, 4.69) is 15.1 Å². The van der Waals surface area contributed by atoms with Crippen molar-refractivity contribution in [3.63, 3.8) is 0 Å². The lowest BCUT2D eigenvalue weighted by Crippen LogP contribution is -2.45. The molecule has 3 aromatic rings. The molecule has 0 spiro atoms. The van der Waals surface area contributed by atoms with Crippen LogP contribution in [-0.4, -0.2) is 66.8 Å². The highest BCUT2D eigenvalue weighted by atomic mass is 35.5. The standard InChI is InChI=1S/C27H32ClFN5O8P/c1-26(37)21(35)19(41-24(26)34-12-18(29)20-22(30)31-14-32-23(20)34)13-39-43(38,42-17-8-6-15(28)7-9-17)33-27(10-11-27)25(36)40-16-4-2-3-5-16/h6-9,12,14,16,19,21,24,35,37H,2-5,10-11,13H2,1H3,(H,33,38)(H2,30,31,32)/t19?,21-,24?,26-,43?/m1/s1. The van der Waals surface area contributed by atoms with Gasteiger partial charge in [-0.1, -0.05) is 11.6 Å². The summed E-state index contributed by atoms with van der Waals surface area (Å²) in [6.45, 7) is 0.759. The van der Waals surface area contributed by atoms with Crippen LogP contribution >= 0.6 is 19.3 Å². The minimum Gasteiger partial charge on any atom is -0.461 e. The number of nitrogen functional groups attached to an aromatic ring is 1. The van der Waals surface area contributed by atoms with Crippen LogP contribution in [0.25, 0.3) is 11.0 Å². The maximum Gasteiger partial charge on any atom is 0.459 e. The van der Waals surface area contributed by atoms with Gasteiger partial charge in [-0.15, -0.1) is 0 Å². The number of nitrogens with zero attached hydrogens (tertiary/aromatic N) is 3. The molecule has 3 fully saturated rings. The topological polar surface area (TPSA) is 180 Å². The smallest absolute Gasteiger partial charge is 0.459 e. The number of nitrogens with two attached hydrogens (primary N) is 1. The Morgan fingerprint density at radius 1 is 1.28 bits per heavy atom. The Kier molecular flexibility index (Phi) is 7.91. The number of rotatable bonds is 10. The highest BCUT2D eigenvalue weighted by Gasteiger charge is 2.58. The first-order valence-corrected chi connectivity index (χ1v) is 15.9. The van der Waals surface area contributed by atoms with Crippen molar-refractivity contribution >= 4 is 42.2 Å². The summed E-state index contributed by atoms with van der Waals surface area (Å²) in [6.07, 6.45) is 2.00. The lowest BCUT2D eigenvalue weighted by atomic mass is 9.96. The summed E-state index contributed by atoms with van der Waals surface area (Å²) in [5, 5.41) is 25.4. The fourth-order valence-corrected chi connectivity index (χ4v) is 7.40. The lowest BCUT2D eigenvalue weighted by Gasteiger charge is -2.28. The number of aromatic nitrogens is 3. The molecular formula is C27H32ClFN5O8P. The molecule has 1 aromatic carbocycles. The normalized spacial score (nSPS) is 28.2. The number of fused-ring (bicyclic) bond motifs is 1. The minimum absolute atomic E-state index is 0.0407. The molecule has 2 saturated carbocycles. The lowest BCUT2D eigenvalue weighted by molar-refractivity contribution is -0.152. The fourth-order valence-electron chi connectivity index (χ4n) is 5.52. The van der Waals surface area contributed by atoms with E-state index in [1.54, 1.807) is 0 Å². The van der Waals surface area contributed by atoms with Crippen LogP contribution in [0.3, 0.4) is 0 Å². The summed E-state index contributed by atoms with van der Waals surface area (Å²) in [5.74, 6) is -1.24. The summed E-state index contributed by atoms with van der Waals surface area (Å²) >= 11 is 5.98. The summed E-state index contributed by atoms with van der Waals surface area (Å²) < 4.78 is 53.3. The molecular weight excluding hydrogens is 608 g/mol. The highest BCUT2D eigenvalue weighted by molar-refractivity contribution is 7.52. The molecule has 43 heavy (non-hydrogen) atoms. The van der Waals surface area contributed by atoms with Gasteiger partial charge in [0.05, 0.1) is 12.0 Å². The summed E-state index contributed by atoms with van der Waals surface area (Å²) in [5.41, 5.74) is 2.61. The summed E-state index contributed by atoms with van der Waals surface area (Å²) in [4.78, 5) is 21.0. The molecule has 1 saturated heterocycles. The Morgan fingerprint density at radius 2 is 1.98 bits per heavy atom. The van der Waals surface area contributed by atoms with E-state index >= 15 is 0 Å². The van der Waals surface area contributed by atoms with E-state index < -0.39 is 55.7 Å². The highest BCUT2D eigenvalue weighted by Crippen LogP contribution is 2.53. The average Bonchev–Trinajstić information content (AvgIpc) is 3.28. The second-order valence-electron chi connectivity index (χ2n) is 11.4. The number of benzene rings is 1. The monoisotopic (exact) mass is 639 g/mol. The van der Waals surface area contributed by atoms with Crippen molar-refractivity contribution in [3.8, 4) is 5.75 Å². The van der Waals surface area contributed by atoms with Gasteiger partial charge in [0.1, 0.15) is 47.3 Å². The molecule has 16 heteroatoms. The van der Waals surface area contributed by atoms with Gasteiger partial charge in [0.2, 0.25) is 0 Å². The maximum atomic E-state index is 14.7. The number of nitrogens with one attached hydrogen (secondary N) is 1. The molecule has 3 heterocycles. The predicted octanol–water partition coefficient (Wildman–Crippen LogP) is 3.63. The zero-order chi connectivity index (χ0) is 30.6. The Labute approximate surface area is 251 Å². The van der Waals surface area contributed by atoms with Crippen LogP contribution in [0.2, 0.25) is 5.02 Å². The molecule has 232 valence electrons. The first-order chi connectivity index (χ1) is 20.4. The van der Waals surface area contributed by atoms with Gasteiger partial charge in [-0.05, 0) is 69.7 Å². The molecule has 13 nitrogen and oxygen atoms in total. The molecule has 0 radical (unpaired) electrons. The largest absolute Gasteiger partial charge is 0.461 e. The first-order valence-electron chi connectivity index (χ1n) is 13.9. The van der Waals surface area contributed by atoms with Gasteiger partial charge < -0.3 is 29.9 Å². The maximum absolute atomic E-state index is 14.7. The van der Waals surface area contributed by atoms with Crippen molar-refractivity contribution in [3.05, 3.63) is 47.6 Å². The quantitative estimate of drug-likeness (QED) is 0.187. The number of ether oxygens (including phenoxy) is 2. The first kappa shape index (κ1) is 30.2. The van der Waals surface area contributed by atoms with Crippen molar-refractivity contribution in [2.75, 3.05) is 12.3 Å². The van der Waals surface area contributed by atoms with E-state index in [-0.39, 0.29) is 28.7 Å². The van der Waals surface area contributed by atoms with Gasteiger partial charge in [-0.25, -0.2) is 18.9 Å². The van der Waals surface area contributed by atoms with Crippen LogP contribution in [0.1, 0.15) is 51.7 Å². The molecule has 0 amide bonds. The molecule has 3 unspecified atom stereocenters. The number of carbonyl (C=O) groups excluding carboxylic acids is 1. The molecule has 5 N–H and O–H groups in total. The van der Waals surface area contributed by atoms with Crippen LogP contribution < -0.4 is 15.3 Å². The number of aliphatic hydroxyl groups is 2. The average molecular weight is 640 g/mol. The van der Waals surface area contributed by atoms with E-state index in [1.165, 1.54) is 35.8 Å². The summed E-state index contributed by atoms with van der Waals surface area (Å²) in [6, 6.07) is 6.03. The number of anilines is 1. The van der Waals surface area contributed by atoms with Crippen molar-refractivity contribution in [1.29, 1.82) is 0 Å². The van der Waals surface area contributed by atoms with E-state index in [0.29, 0.717) is 17.9 Å². The molecule has 3 aliphatic rings. The zero-order valence-electron chi connectivity index (χ0n) is 23.2. The van der Waals surface area contributed by atoms with E-state index in [9.17, 15) is 24.0 Å². The van der Waals surface area contributed by atoms with Gasteiger partial charge in [-0.2, -0.15) is 5.09 Å². The van der Waals surface area contributed by atoms with Gasteiger partial charge >= 0.3 is 13.7 Å². The zero-order valence-corrected chi connectivity index (χ0v) is 24.8. The van der Waals surface area contributed by atoms with Crippen molar-refractivity contribution in [2.45, 2.75) is 81.1 Å². The molecule has 5 atom stereocenters. The molecule has 2 aliphatic carbocycles. The molecule has 6 rings (SSSR count). The van der Waals surface area contributed by atoms with Crippen LogP contribution in [0.5, 0.6) is 5.75 Å². The SMILES string of the molecule is C[C@]1(O)C(n2cc(F)c3c(N)ncnc32)OC(COP(=O)(NC2(C(=O)OC3CCCC3)CC2)Oc2ccc(Cl)cc2)[C@H]1O. The van der Waals surface area contributed by atoms with Gasteiger partial charge in [0, 0.05) is 11.2 Å². The van der Waals surface area contributed by atoms with Crippen molar-refractivity contribution < 1.29 is 42.5 Å². The fraction of sp³-hybridized carbons (Fsp3) is 0.519. The Morgan fingerprint density at radius 3 is 2.65 bits per heavy atom.